The van der Waals surface area contributed by atoms with Crippen LogP contribution in [0.5, 0.6) is 0 Å². The predicted molar refractivity (Wildman–Crippen MR) is 125 cm³/mol. The van der Waals surface area contributed by atoms with Gasteiger partial charge in [-0.3, -0.25) is 14.4 Å². The Morgan fingerprint density at radius 2 is 1.59 bits per heavy atom. The normalized spacial score (nSPS) is 13.2. The molecule has 162 valence electrons. The number of hydrogen-bond donors (Lipinski definition) is 2. The van der Waals surface area contributed by atoms with Crippen LogP contribution in [0, 0.1) is 6.92 Å². The van der Waals surface area contributed by atoms with Gasteiger partial charge in [-0.25, -0.2) is 0 Å². The highest BCUT2D eigenvalue weighted by atomic mass is 16.2. The van der Waals surface area contributed by atoms with Crippen LogP contribution in [-0.2, 0) is 11.3 Å². The fraction of sp³-hybridized carbons (Fsp3) is 0.192. The average Bonchev–Trinajstić information content (AvgIpc) is 3.24. The van der Waals surface area contributed by atoms with Gasteiger partial charge in [-0.2, -0.15) is 0 Å². The van der Waals surface area contributed by atoms with Gasteiger partial charge in [-0.15, -0.1) is 0 Å². The largest absolute Gasteiger partial charge is 0.348 e. The number of hydrogen-bond acceptors (Lipinski definition) is 3. The summed E-state index contributed by atoms with van der Waals surface area (Å²) in [6.07, 6.45) is 1.44. The second-order valence-electron chi connectivity index (χ2n) is 7.90. The summed E-state index contributed by atoms with van der Waals surface area (Å²) in [6.45, 7) is 3.03. The van der Waals surface area contributed by atoms with E-state index in [2.05, 4.69) is 10.6 Å². The fourth-order valence-corrected chi connectivity index (χ4v) is 3.67. The number of carbonyl (C=O) groups is 3. The van der Waals surface area contributed by atoms with Gasteiger partial charge in [0.05, 0.1) is 0 Å². The molecule has 1 aliphatic heterocycles. The van der Waals surface area contributed by atoms with E-state index in [1.54, 1.807) is 41.3 Å². The third-order valence-corrected chi connectivity index (χ3v) is 5.47. The Balaban J connectivity index is 1.34. The molecule has 32 heavy (non-hydrogen) atoms. The average molecular weight is 428 g/mol. The van der Waals surface area contributed by atoms with Crippen molar-refractivity contribution in [1.82, 2.24) is 5.32 Å². The number of nitrogens with zero attached hydrogens (tertiary/aromatic N) is 1. The summed E-state index contributed by atoms with van der Waals surface area (Å²) in [5.74, 6) is -0.252. The molecule has 3 aromatic carbocycles. The van der Waals surface area contributed by atoms with Gasteiger partial charge in [0, 0.05) is 42.0 Å². The fourth-order valence-electron chi connectivity index (χ4n) is 3.67. The molecule has 1 aliphatic rings. The Morgan fingerprint density at radius 3 is 2.28 bits per heavy atom. The number of anilines is 2. The molecule has 6 nitrogen and oxygen atoms in total. The van der Waals surface area contributed by atoms with Crippen molar-refractivity contribution in [2.75, 3.05) is 16.8 Å². The standard InChI is InChI=1S/C26H25N3O3/c1-18-7-9-21(10-8-18)26(32)28-22-5-2-4-19(16-22)17-27-25(31)20-11-13-23(14-12-20)29-15-3-6-24(29)30/h2,4-5,7-14,16H,3,6,15,17H2,1H3,(H,27,31)(H,28,32). The van der Waals surface area contributed by atoms with Crippen LogP contribution in [0.4, 0.5) is 11.4 Å². The predicted octanol–water partition coefficient (Wildman–Crippen LogP) is 4.30. The van der Waals surface area contributed by atoms with E-state index in [1.807, 2.05) is 43.3 Å². The molecular formula is C26H25N3O3. The van der Waals surface area contributed by atoms with Crippen LogP contribution in [0.2, 0.25) is 0 Å². The Labute approximate surface area is 187 Å². The number of benzene rings is 3. The zero-order valence-electron chi connectivity index (χ0n) is 17.9. The lowest BCUT2D eigenvalue weighted by Crippen LogP contribution is -2.25. The molecule has 0 atom stereocenters. The highest BCUT2D eigenvalue weighted by Crippen LogP contribution is 2.21. The van der Waals surface area contributed by atoms with Crippen LogP contribution in [-0.4, -0.2) is 24.3 Å². The number of rotatable bonds is 6. The van der Waals surface area contributed by atoms with Crippen LogP contribution in [0.15, 0.2) is 72.8 Å². The maximum absolute atomic E-state index is 12.5. The van der Waals surface area contributed by atoms with E-state index >= 15 is 0 Å². The number of aryl methyl sites for hydroxylation is 1. The third-order valence-electron chi connectivity index (χ3n) is 5.47. The Kier molecular flexibility index (Phi) is 6.31. The molecule has 0 saturated carbocycles. The van der Waals surface area contributed by atoms with Crippen molar-refractivity contribution >= 4 is 29.1 Å². The smallest absolute Gasteiger partial charge is 0.255 e. The quantitative estimate of drug-likeness (QED) is 0.616. The molecule has 0 spiro atoms. The summed E-state index contributed by atoms with van der Waals surface area (Å²) < 4.78 is 0. The first-order chi connectivity index (χ1) is 15.5. The third kappa shape index (κ3) is 5.03. The molecule has 3 aromatic rings. The molecule has 0 bridgehead atoms. The van der Waals surface area contributed by atoms with E-state index in [0.717, 1.165) is 29.8 Å². The lowest BCUT2D eigenvalue weighted by atomic mass is 10.1. The van der Waals surface area contributed by atoms with Crippen molar-refractivity contribution in [2.45, 2.75) is 26.3 Å². The molecule has 0 aliphatic carbocycles. The zero-order chi connectivity index (χ0) is 22.5. The van der Waals surface area contributed by atoms with Gasteiger partial charge in [0.15, 0.2) is 0 Å². The van der Waals surface area contributed by atoms with E-state index < -0.39 is 0 Å². The van der Waals surface area contributed by atoms with Gasteiger partial charge < -0.3 is 15.5 Å². The molecule has 0 unspecified atom stereocenters. The maximum atomic E-state index is 12.5. The molecule has 2 N–H and O–H groups in total. The molecular weight excluding hydrogens is 402 g/mol. The lowest BCUT2D eigenvalue weighted by Gasteiger charge is -2.15. The second-order valence-corrected chi connectivity index (χ2v) is 7.90. The van der Waals surface area contributed by atoms with E-state index in [9.17, 15) is 14.4 Å². The number of nitrogens with one attached hydrogen (secondary N) is 2. The minimum Gasteiger partial charge on any atom is -0.348 e. The van der Waals surface area contributed by atoms with E-state index in [4.69, 9.17) is 0 Å². The van der Waals surface area contributed by atoms with E-state index in [1.165, 1.54) is 0 Å². The van der Waals surface area contributed by atoms with E-state index in [-0.39, 0.29) is 17.7 Å². The van der Waals surface area contributed by atoms with Crippen LogP contribution < -0.4 is 15.5 Å². The van der Waals surface area contributed by atoms with Gasteiger partial charge in [0.1, 0.15) is 0 Å². The van der Waals surface area contributed by atoms with Crippen LogP contribution in [0.25, 0.3) is 0 Å². The van der Waals surface area contributed by atoms with Crippen LogP contribution in [0.3, 0.4) is 0 Å². The summed E-state index contributed by atoms with van der Waals surface area (Å²) >= 11 is 0. The minimum absolute atomic E-state index is 0.122. The molecule has 0 aromatic heterocycles. The summed E-state index contributed by atoms with van der Waals surface area (Å²) in [6, 6.07) is 21.8. The van der Waals surface area contributed by atoms with Gasteiger partial charge in [-0.1, -0.05) is 29.8 Å². The van der Waals surface area contributed by atoms with Crippen molar-refractivity contribution in [3.05, 3.63) is 95.1 Å². The van der Waals surface area contributed by atoms with E-state index in [0.29, 0.717) is 29.8 Å². The molecule has 0 radical (unpaired) electrons. The van der Waals surface area contributed by atoms with Gasteiger partial charge >= 0.3 is 0 Å². The highest BCUT2D eigenvalue weighted by Gasteiger charge is 2.21. The minimum atomic E-state index is -0.196. The molecule has 1 fully saturated rings. The monoisotopic (exact) mass is 427 g/mol. The van der Waals surface area contributed by atoms with Crippen molar-refractivity contribution in [2.24, 2.45) is 0 Å². The van der Waals surface area contributed by atoms with Crippen LogP contribution in [0.1, 0.15) is 44.7 Å². The molecule has 6 heteroatoms. The Hall–Kier alpha value is -3.93. The van der Waals surface area contributed by atoms with Gasteiger partial charge in [0.25, 0.3) is 11.8 Å². The molecule has 3 amide bonds. The number of amides is 3. The first-order valence-electron chi connectivity index (χ1n) is 10.7. The Morgan fingerprint density at radius 1 is 0.906 bits per heavy atom. The first kappa shape index (κ1) is 21.3. The second kappa shape index (κ2) is 9.47. The summed E-state index contributed by atoms with van der Waals surface area (Å²) in [7, 11) is 0. The number of carbonyl (C=O) groups excluding carboxylic acids is 3. The summed E-state index contributed by atoms with van der Waals surface area (Å²) in [4.78, 5) is 38.6. The summed E-state index contributed by atoms with van der Waals surface area (Å²) in [5, 5.41) is 5.79. The first-order valence-corrected chi connectivity index (χ1v) is 10.7. The lowest BCUT2D eigenvalue weighted by molar-refractivity contribution is -0.117. The topological polar surface area (TPSA) is 78.5 Å². The maximum Gasteiger partial charge on any atom is 0.255 e. The molecule has 1 saturated heterocycles. The highest BCUT2D eigenvalue weighted by molar-refractivity contribution is 6.04. The summed E-state index contributed by atoms with van der Waals surface area (Å²) in [5.41, 5.74) is 4.58. The van der Waals surface area contributed by atoms with Crippen molar-refractivity contribution in [1.29, 1.82) is 0 Å². The van der Waals surface area contributed by atoms with Gasteiger partial charge in [0.2, 0.25) is 5.91 Å². The van der Waals surface area contributed by atoms with Crippen molar-refractivity contribution in [3.8, 4) is 0 Å². The Bertz CT molecular complexity index is 1140. The SMILES string of the molecule is Cc1ccc(C(=O)Nc2cccc(CNC(=O)c3ccc(N4CCCC4=O)cc3)c2)cc1. The van der Waals surface area contributed by atoms with Crippen molar-refractivity contribution in [3.63, 3.8) is 0 Å². The molecule has 4 rings (SSSR count). The zero-order valence-corrected chi connectivity index (χ0v) is 17.9. The molecule has 1 heterocycles. The van der Waals surface area contributed by atoms with Crippen molar-refractivity contribution < 1.29 is 14.4 Å². The van der Waals surface area contributed by atoms with Crippen LogP contribution >= 0.6 is 0 Å². The van der Waals surface area contributed by atoms with Gasteiger partial charge in [-0.05, 0) is 67.4 Å².